The van der Waals surface area contributed by atoms with Crippen LogP contribution in [0.5, 0.6) is 0 Å². The minimum absolute atomic E-state index is 0.00353. The number of amides is 2. The highest BCUT2D eigenvalue weighted by molar-refractivity contribution is 8.00. The van der Waals surface area contributed by atoms with E-state index in [1.165, 1.54) is 48.5 Å². The standard InChI is InChI=1S/C16H16FN3O4S2/c17-11-4-6-12(7-5-11)19-15(21)9-25-10-16(22)20-13-2-1-3-14(8-13)26(18,23)24/h1-8H,9-10H2,(H,19,21)(H,20,22)(H2,18,23,24). The first-order valence-electron chi connectivity index (χ1n) is 7.30. The van der Waals surface area contributed by atoms with Crippen LogP contribution in [0.3, 0.4) is 0 Å². The second-order valence-corrected chi connectivity index (χ2v) is 7.72. The van der Waals surface area contributed by atoms with Crippen molar-refractivity contribution in [1.29, 1.82) is 0 Å². The number of nitrogens with one attached hydrogen (secondary N) is 2. The maximum Gasteiger partial charge on any atom is 0.238 e. The minimum atomic E-state index is -3.85. The lowest BCUT2D eigenvalue weighted by Gasteiger charge is -2.07. The smallest absolute Gasteiger partial charge is 0.238 e. The predicted molar refractivity (Wildman–Crippen MR) is 98.8 cm³/mol. The van der Waals surface area contributed by atoms with E-state index in [0.717, 1.165) is 11.8 Å². The van der Waals surface area contributed by atoms with Gasteiger partial charge < -0.3 is 10.6 Å². The first-order chi connectivity index (χ1) is 12.2. The van der Waals surface area contributed by atoms with E-state index >= 15 is 0 Å². The Morgan fingerprint density at radius 3 is 2.12 bits per heavy atom. The summed E-state index contributed by atoms with van der Waals surface area (Å²) < 4.78 is 35.3. The Bertz CT molecular complexity index is 902. The molecule has 10 heteroatoms. The third-order valence-electron chi connectivity index (χ3n) is 3.04. The second kappa shape index (κ2) is 8.79. The molecule has 0 saturated carbocycles. The van der Waals surface area contributed by atoms with Crippen LogP contribution >= 0.6 is 11.8 Å². The van der Waals surface area contributed by atoms with Gasteiger partial charge in [-0.1, -0.05) is 6.07 Å². The molecular weight excluding hydrogens is 381 g/mol. The summed E-state index contributed by atoms with van der Waals surface area (Å²) in [4.78, 5) is 23.5. The summed E-state index contributed by atoms with van der Waals surface area (Å²) in [5.74, 6) is -1.10. The van der Waals surface area contributed by atoms with E-state index in [4.69, 9.17) is 5.14 Å². The molecule has 7 nitrogen and oxygen atoms in total. The van der Waals surface area contributed by atoms with Crippen LogP contribution in [0.2, 0.25) is 0 Å². The fourth-order valence-electron chi connectivity index (χ4n) is 1.91. The molecule has 0 atom stereocenters. The molecule has 0 aliphatic heterocycles. The number of carbonyl (C=O) groups is 2. The maximum atomic E-state index is 12.8. The first-order valence-corrected chi connectivity index (χ1v) is 10.00. The van der Waals surface area contributed by atoms with Crippen molar-refractivity contribution in [2.75, 3.05) is 22.1 Å². The Morgan fingerprint density at radius 1 is 0.962 bits per heavy atom. The summed E-state index contributed by atoms with van der Waals surface area (Å²) in [5.41, 5.74) is 0.749. The van der Waals surface area contributed by atoms with Crippen LogP contribution < -0.4 is 15.8 Å². The number of primary sulfonamides is 1. The van der Waals surface area contributed by atoms with Crippen LogP contribution in [0.15, 0.2) is 53.4 Å². The lowest BCUT2D eigenvalue weighted by atomic mass is 10.3. The molecule has 2 aromatic rings. The van der Waals surface area contributed by atoms with Crippen molar-refractivity contribution in [3.8, 4) is 0 Å². The van der Waals surface area contributed by atoms with Crippen molar-refractivity contribution >= 4 is 45.0 Å². The average Bonchev–Trinajstić information content (AvgIpc) is 2.56. The number of nitrogens with two attached hydrogens (primary N) is 1. The molecule has 138 valence electrons. The number of thioether (sulfide) groups is 1. The highest BCUT2D eigenvalue weighted by Gasteiger charge is 2.10. The number of hydrogen-bond donors (Lipinski definition) is 3. The molecule has 0 aromatic heterocycles. The summed E-state index contributed by atoms with van der Waals surface area (Å²) in [6, 6.07) is 10.9. The normalized spacial score (nSPS) is 11.0. The highest BCUT2D eigenvalue weighted by atomic mass is 32.2. The van der Waals surface area contributed by atoms with Gasteiger partial charge in [0.25, 0.3) is 0 Å². The predicted octanol–water partition coefficient (Wildman–Crippen LogP) is 1.78. The molecule has 0 spiro atoms. The van der Waals surface area contributed by atoms with Crippen LogP contribution in [-0.4, -0.2) is 31.7 Å². The quantitative estimate of drug-likeness (QED) is 0.658. The highest BCUT2D eigenvalue weighted by Crippen LogP contribution is 2.15. The van der Waals surface area contributed by atoms with Crippen molar-refractivity contribution in [2.45, 2.75) is 4.90 Å². The van der Waals surface area contributed by atoms with Gasteiger partial charge in [0.2, 0.25) is 21.8 Å². The van der Waals surface area contributed by atoms with Crippen LogP contribution in [0, 0.1) is 5.82 Å². The molecule has 2 rings (SSSR count). The van der Waals surface area contributed by atoms with E-state index in [-0.39, 0.29) is 28.0 Å². The van der Waals surface area contributed by atoms with Crippen molar-refractivity contribution in [3.05, 3.63) is 54.3 Å². The van der Waals surface area contributed by atoms with Gasteiger partial charge in [-0.3, -0.25) is 9.59 Å². The Balaban J connectivity index is 1.78. The minimum Gasteiger partial charge on any atom is -0.325 e. The molecule has 0 unspecified atom stereocenters. The third-order valence-corrected chi connectivity index (χ3v) is 4.88. The molecule has 0 heterocycles. The Kier molecular flexibility index (Phi) is 6.72. The number of rotatable bonds is 7. The second-order valence-electron chi connectivity index (χ2n) is 5.17. The summed E-state index contributed by atoms with van der Waals surface area (Å²) in [5, 5.41) is 10.1. The van der Waals surface area contributed by atoms with Crippen LogP contribution in [-0.2, 0) is 19.6 Å². The Labute approximate surface area is 154 Å². The lowest BCUT2D eigenvalue weighted by Crippen LogP contribution is -2.19. The van der Waals surface area contributed by atoms with Crippen molar-refractivity contribution in [2.24, 2.45) is 5.14 Å². The Morgan fingerprint density at radius 2 is 1.54 bits per heavy atom. The summed E-state index contributed by atoms with van der Waals surface area (Å²) >= 11 is 1.08. The van der Waals surface area contributed by atoms with E-state index in [9.17, 15) is 22.4 Å². The van der Waals surface area contributed by atoms with Crippen LogP contribution in [0.25, 0.3) is 0 Å². The number of hydrogen-bond acceptors (Lipinski definition) is 5. The molecule has 4 N–H and O–H groups in total. The van der Waals surface area contributed by atoms with Crippen molar-refractivity contribution < 1.29 is 22.4 Å². The average molecular weight is 397 g/mol. The fraction of sp³-hybridized carbons (Fsp3) is 0.125. The number of anilines is 2. The maximum absolute atomic E-state index is 12.8. The van der Waals surface area contributed by atoms with Gasteiger partial charge >= 0.3 is 0 Å². The van der Waals surface area contributed by atoms with Crippen molar-refractivity contribution in [3.63, 3.8) is 0 Å². The molecule has 2 amide bonds. The van der Waals surface area contributed by atoms with Gasteiger partial charge in [-0.15, -0.1) is 11.8 Å². The largest absolute Gasteiger partial charge is 0.325 e. The number of benzene rings is 2. The van der Waals surface area contributed by atoms with Gasteiger partial charge in [0.15, 0.2) is 0 Å². The van der Waals surface area contributed by atoms with E-state index in [1.54, 1.807) is 0 Å². The van der Waals surface area contributed by atoms with E-state index in [1.807, 2.05) is 0 Å². The Hall–Kier alpha value is -2.43. The number of halogens is 1. The molecule has 26 heavy (non-hydrogen) atoms. The fourth-order valence-corrected chi connectivity index (χ4v) is 3.09. The zero-order chi connectivity index (χ0) is 19.2. The molecule has 0 fully saturated rings. The topological polar surface area (TPSA) is 118 Å². The first kappa shape index (κ1) is 19.9. The van der Waals surface area contributed by atoms with Crippen LogP contribution in [0.1, 0.15) is 0 Å². The van der Waals surface area contributed by atoms with Gasteiger partial charge in [-0.05, 0) is 42.5 Å². The van der Waals surface area contributed by atoms with Gasteiger partial charge in [0.1, 0.15) is 5.82 Å². The van der Waals surface area contributed by atoms with Crippen molar-refractivity contribution in [1.82, 2.24) is 0 Å². The van der Waals surface area contributed by atoms with Crippen LogP contribution in [0.4, 0.5) is 15.8 Å². The molecule has 0 aliphatic carbocycles. The van der Waals surface area contributed by atoms with Gasteiger partial charge in [-0.2, -0.15) is 0 Å². The molecule has 2 aromatic carbocycles. The summed E-state index contributed by atoms with van der Waals surface area (Å²) in [6.07, 6.45) is 0. The number of carbonyl (C=O) groups excluding carboxylic acids is 2. The zero-order valence-electron chi connectivity index (χ0n) is 13.4. The molecule has 0 bridgehead atoms. The van der Waals surface area contributed by atoms with Gasteiger partial charge in [-0.25, -0.2) is 17.9 Å². The molecule has 0 radical (unpaired) electrons. The molecule has 0 saturated heterocycles. The SMILES string of the molecule is NS(=O)(=O)c1cccc(NC(=O)CSCC(=O)Nc2ccc(F)cc2)c1. The molecule has 0 aliphatic rings. The van der Waals surface area contributed by atoms with E-state index < -0.39 is 21.7 Å². The van der Waals surface area contributed by atoms with Gasteiger partial charge in [0, 0.05) is 11.4 Å². The summed E-state index contributed by atoms with van der Waals surface area (Å²) in [7, 11) is -3.85. The number of sulfonamides is 1. The van der Waals surface area contributed by atoms with E-state index in [0.29, 0.717) is 5.69 Å². The summed E-state index contributed by atoms with van der Waals surface area (Å²) in [6.45, 7) is 0. The zero-order valence-corrected chi connectivity index (χ0v) is 15.1. The van der Waals surface area contributed by atoms with E-state index in [2.05, 4.69) is 10.6 Å². The monoisotopic (exact) mass is 397 g/mol. The lowest BCUT2D eigenvalue weighted by molar-refractivity contribution is -0.114. The van der Waals surface area contributed by atoms with Gasteiger partial charge in [0.05, 0.1) is 16.4 Å². The molecular formula is C16H16FN3O4S2. The third kappa shape index (κ3) is 6.47.